The van der Waals surface area contributed by atoms with E-state index < -0.39 is 5.41 Å². The van der Waals surface area contributed by atoms with Crippen LogP contribution < -0.4 is 15.8 Å². The van der Waals surface area contributed by atoms with E-state index in [9.17, 15) is 4.79 Å². The van der Waals surface area contributed by atoms with Crippen LogP contribution in [0.2, 0.25) is 5.02 Å². The van der Waals surface area contributed by atoms with Crippen molar-refractivity contribution in [2.45, 2.75) is 38.6 Å². The third-order valence-electron chi connectivity index (χ3n) is 4.40. The summed E-state index contributed by atoms with van der Waals surface area (Å²) in [5, 5.41) is 3.59. The first-order valence-corrected chi connectivity index (χ1v) is 7.80. The van der Waals surface area contributed by atoms with Gasteiger partial charge in [0.1, 0.15) is 5.75 Å². The van der Waals surface area contributed by atoms with E-state index in [4.69, 9.17) is 22.1 Å². The molecule has 0 aliphatic heterocycles. The molecule has 0 unspecified atom stereocenters. The summed E-state index contributed by atoms with van der Waals surface area (Å²) >= 11 is 6.19. The summed E-state index contributed by atoms with van der Waals surface area (Å²) in [7, 11) is 1.60. The quantitative estimate of drug-likeness (QED) is 0.879. The number of carbonyl (C=O) groups excluding carboxylic acids is 1. The molecule has 1 saturated carbocycles. The number of carbonyl (C=O) groups is 1. The van der Waals surface area contributed by atoms with E-state index in [1.54, 1.807) is 13.2 Å². The molecular formula is C16H23ClN2O2. The van der Waals surface area contributed by atoms with Gasteiger partial charge in [0.05, 0.1) is 12.5 Å². The summed E-state index contributed by atoms with van der Waals surface area (Å²) in [5.74, 6) is 0.722. The minimum absolute atomic E-state index is 0.0340. The number of ether oxygens (including phenoxy) is 1. The smallest absolute Gasteiger partial charge is 0.227 e. The molecule has 4 nitrogen and oxygen atoms in total. The molecule has 3 N–H and O–H groups in total. The van der Waals surface area contributed by atoms with Crippen LogP contribution in [0.3, 0.4) is 0 Å². The van der Waals surface area contributed by atoms with Gasteiger partial charge in [-0.15, -0.1) is 0 Å². The summed E-state index contributed by atoms with van der Waals surface area (Å²) < 4.78 is 5.29. The maximum Gasteiger partial charge on any atom is 0.227 e. The van der Waals surface area contributed by atoms with Crippen molar-refractivity contribution < 1.29 is 9.53 Å². The van der Waals surface area contributed by atoms with Crippen molar-refractivity contribution in [1.82, 2.24) is 5.32 Å². The topological polar surface area (TPSA) is 64.3 Å². The van der Waals surface area contributed by atoms with Gasteiger partial charge in [-0.05, 0) is 25.0 Å². The van der Waals surface area contributed by atoms with Crippen LogP contribution in [0.25, 0.3) is 0 Å². The average Bonchev–Trinajstić information content (AvgIpc) is 2.53. The van der Waals surface area contributed by atoms with Gasteiger partial charge in [0.25, 0.3) is 0 Å². The van der Waals surface area contributed by atoms with Crippen LogP contribution in [0.15, 0.2) is 18.2 Å². The number of benzene rings is 1. The summed E-state index contributed by atoms with van der Waals surface area (Å²) in [6.07, 6.45) is 5.07. The molecule has 0 saturated heterocycles. The third kappa shape index (κ3) is 3.50. The van der Waals surface area contributed by atoms with E-state index in [2.05, 4.69) is 5.32 Å². The number of nitrogens with one attached hydrogen (secondary N) is 1. The van der Waals surface area contributed by atoms with Crippen LogP contribution >= 0.6 is 11.6 Å². The summed E-state index contributed by atoms with van der Waals surface area (Å²) in [6.45, 7) is 0.766. The Morgan fingerprint density at radius 3 is 2.71 bits per heavy atom. The molecule has 0 atom stereocenters. The summed E-state index contributed by atoms with van der Waals surface area (Å²) in [4.78, 5) is 12.6. The van der Waals surface area contributed by atoms with Gasteiger partial charge < -0.3 is 15.8 Å². The highest BCUT2D eigenvalue weighted by atomic mass is 35.5. The van der Waals surface area contributed by atoms with Crippen molar-refractivity contribution >= 4 is 17.5 Å². The molecule has 116 valence electrons. The number of rotatable bonds is 5. The number of nitrogens with two attached hydrogens (primary N) is 1. The lowest BCUT2D eigenvalue weighted by Gasteiger charge is -2.34. The second kappa shape index (κ2) is 7.14. The minimum Gasteiger partial charge on any atom is -0.496 e. The van der Waals surface area contributed by atoms with E-state index in [0.717, 1.165) is 31.2 Å². The fourth-order valence-corrected chi connectivity index (χ4v) is 3.24. The first-order valence-electron chi connectivity index (χ1n) is 7.43. The molecule has 0 radical (unpaired) electrons. The van der Waals surface area contributed by atoms with E-state index >= 15 is 0 Å². The first kappa shape index (κ1) is 16.1. The SMILES string of the molecule is COc1cccc(Cl)c1CNC(=O)C1(CN)CCCCC1. The van der Waals surface area contributed by atoms with Gasteiger partial charge >= 0.3 is 0 Å². The monoisotopic (exact) mass is 310 g/mol. The second-order valence-electron chi connectivity index (χ2n) is 5.65. The number of hydrogen-bond acceptors (Lipinski definition) is 3. The van der Waals surface area contributed by atoms with Crippen LogP contribution in [0.4, 0.5) is 0 Å². The molecule has 0 heterocycles. The molecule has 1 fully saturated rings. The van der Waals surface area contributed by atoms with Crippen molar-refractivity contribution in [3.63, 3.8) is 0 Å². The zero-order valence-corrected chi connectivity index (χ0v) is 13.2. The molecule has 1 aromatic carbocycles. The van der Waals surface area contributed by atoms with Crippen LogP contribution in [0.5, 0.6) is 5.75 Å². The van der Waals surface area contributed by atoms with Crippen LogP contribution in [-0.2, 0) is 11.3 Å². The van der Waals surface area contributed by atoms with Gasteiger partial charge in [-0.3, -0.25) is 4.79 Å². The number of halogens is 1. The molecule has 21 heavy (non-hydrogen) atoms. The Morgan fingerprint density at radius 2 is 2.10 bits per heavy atom. The molecule has 1 aliphatic rings. The molecule has 1 aliphatic carbocycles. The lowest BCUT2D eigenvalue weighted by molar-refractivity contribution is -0.132. The highest BCUT2D eigenvalue weighted by Gasteiger charge is 2.37. The van der Waals surface area contributed by atoms with Gasteiger partial charge in [-0.2, -0.15) is 0 Å². The van der Waals surface area contributed by atoms with E-state index in [0.29, 0.717) is 23.9 Å². The number of hydrogen-bond donors (Lipinski definition) is 2. The van der Waals surface area contributed by atoms with Crippen molar-refractivity contribution in [2.75, 3.05) is 13.7 Å². The highest BCUT2D eigenvalue weighted by Crippen LogP contribution is 2.36. The van der Waals surface area contributed by atoms with Crippen LogP contribution in [0.1, 0.15) is 37.7 Å². The minimum atomic E-state index is -0.410. The first-order chi connectivity index (χ1) is 10.1. The Morgan fingerprint density at radius 1 is 1.38 bits per heavy atom. The Hall–Kier alpha value is -1.26. The highest BCUT2D eigenvalue weighted by molar-refractivity contribution is 6.31. The maximum atomic E-state index is 12.6. The lowest BCUT2D eigenvalue weighted by atomic mass is 9.73. The van der Waals surface area contributed by atoms with Crippen molar-refractivity contribution in [3.05, 3.63) is 28.8 Å². The van der Waals surface area contributed by atoms with Gasteiger partial charge in [-0.25, -0.2) is 0 Å². The molecule has 0 spiro atoms. The number of methoxy groups -OCH3 is 1. The summed E-state index contributed by atoms with van der Waals surface area (Å²) in [6, 6.07) is 5.46. The molecule has 1 aromatic rings. The predicted molar refractivity (Wildman–Crippen MR) is 84.4 cm³/mol. The zero-order valence-electron chi connectivity index (χ0n) is 12.5. The van der Waals surface area contributed by atoms with Crippen LogP contribution in [-0.4, -0.2) is 19.6 Å². The summed E-state index contributed by atoms with van der Waals surface area (Å²) in [5.41, 5.74) is 6.28. The van der Waals surface area contributed by atoms with Crippen molar-refractivity contribution in [1.29, 1.82) is 0 Å². The van der Waals surface area contributed by atoms with Gasteiger partial charge in [0, 0.05) is 23.7 Å². The zero-order chi connectivity index (χ0) is 15.3. The van der Waals surface area contributed by atoms with Crippen molar-refractivity contribution in [3.8, 4) is 5.75 Å². The standard InChI is InChI=1S/C16H23ClN2O2/c1-21-14-7-5-6-13(17)12(14)10-19-15(20)16(11-18)8-3-2-4-9-16/h5-7H,2-4,8-11,18H2,1H3,(H,19,20). The van der Waals surface area contributed by atoms with E-state index in [1.165, 1.54) is 6.42 Å². The Labute approximate surface area is 131 Å². The Balaban J connectivity index is 2.07. The predicted octanol–water partition coefficient (Wildman–Crippen LogP) is 2.87. The molecule has 5 heteroatoms. The molecule has 0 aromatic heterocycles. The average molecular weight is 311 g/mol. The van der Waals surface area contributed by atoms with E-state index in [1.807, 2.05) is 12.1 Å². The van der Waals surface area contributed by atoms with Gasteiger partial charge in [-0.1, -0.05) is 36.9 Å². The van der Waals surface area contributed by atoms with E-state index in [-0.39, 0.29) is 5.91 Å². The maximum absolute atomic E-state index is 12.6. The Bertz CT molecular complexity index is 499. The van der Waals surface area contributed by atoms with Gasteiger partial charge in [0.15, 0.2) is 0 Å². The van der Waals surface area contributed by atoms with Gasteiger partial charge in [0.2, 0.25) is 5.91 Å². The number of amides is 1. The fraction of sp³-hybridized carbons (Fsp3) is 0.562. The van der Waals surface area contributed by atoms with Crippen LogP contribution in [0, 0.1) is 5.41 Å². The fourth-order valence-electron chi connectivity index (χ4n) is 3.01. The van der Waals surface area contributed by atoms with Crippen molar-refractivity contribution in [2.24, 2.45) is 11.1 Å². The largest absolute Gasteiger partial charge is 0.496 e. The molecule has 2 rings (SSSR count). The molecular weight excluding hydrogens is 288 g/mol. The molecule has 1 amide bonds. The Kier molecular flexibility index (Phi) is 5.48. The lowest BCUT2D eigenvalue weighted by Crippen LogP contribution is -2.46. The molecule has 0 bridgehead atoms. The second-order valence-corrected chi connectivity index (χ2v) is 6.06. The third-order valence-corrected chi connectivity index (χ3v) is 4.76. The normalized spacial score (nSPS) is 17.3.